The molecule has 7 nitrogen and oxygen atoms in total. The lowest BCUT2D eigenvalue weighted by atomic mass is 9.87. The molecule has 1 aliphatic rings. The maximum Gasteiger partial charge on any atom is 0.227 e. The fourth-order valence-corrected chi connectivity index (χ4v) is 3.73. The van der Waals surface area contributed by atoms with Crippen LogP contribution in [0.3, 0.4) is 0 Å². The van der Waals surface area contributed by atoms with Gasteiger partial charge in [-0.05, 0) is 36.2 Å². The summed E-state index contributed by atoms with van der Waals surface area (Å²) in [5, 5.41) is 9.63. The van der Waals surface area contributed by atoms with E-state index in [2.05, 4.69) is 51.9 Å². The minimum absolute atomic E-state index is 0.0235. The average Bonchev–Trinajstić information content (AvgIpc) is 3.08. The summed E-state index contributed by atoms with van der Waals surface area (Å²) in [6.45, 7) is 11.6. The van der Waals surface area contributed by atoms with E-state index in [0.29, 0.717) is 12.5 Å². The summed E-state index contributed by atoms with van der Waals surface area (Å²) in [6.07, 6.45) is 3.61. The number of hydrogen-bond donors (Lipinski definition) is 3. The molecule has 0 bridgehead atoms. The number of hydrogen-bond acceptors (Lipinski definition) is 6. The van der Waals surface area contributed by atoms with Gasteiger partial charge in [-0.1, -0.05) is 39.8 Å². The fraction of sp³-hybridized carbons (Fsp3) is 0.360. The molecule has 3 N–H and O–H groups in total. The first kappa shape index (κ1) is 21.7. The number of carbonyl (C=O) groups excluding carboxylic acids is 1. The Balaban J connectivity index is 1.51. The highest BCUT2D eigenvalue weighted by atomic mass is 16.1. The molecule has 0 radical (unpaired) electrons. The number of carbonyl (C=O) groups is 1. The molecule has 0 atom stereocenters. The van der Waals surface area contributed by atoms with Crippen molar-refractivity contribution in [3.05, 3.63) is 59.4 Å². The van der Waals surface area contributed by atoms with Crippen LogP contribution in [0.15, 0.2) is 42.7 Å². The van der Waals surface area contributed by atoms with E-state index in [1.807, 2.05) is 45.2 Å². The summed E-state index contributed by atoms with van der Waals surface area (Å²) in [7, 11) is 0. The van der Waals surface area contributed by atoms with E-state index in [1.165, 1.54) is 5.56 Å². The van der Waals surface area contributed by atoms with Crippen LogP contribution in [0.2, 0.25) is 0 Å². The largest absolute Gasteiger partial charge is 0.369 e. The van der Waals surface area contributed by atoms with Gasteiger partial charge in [0.25, 0.3) is 0 Å². The molecule has 1 aliphatic heterocycles. The third kappa shape index (κ3) is 4.56. The zero-order chi connectivity index (χ0) is 22.9. The quantitative estimate of drug-likeness (QED) is 0.531. The van der Waals surface area contributed by atoms with Crippen LogP contribution >= 0.6 is 0 Å². The molecular formula is C25H30N6O. The van der Waals surface area contributed by atoms with Crippen LogP contribution < -0.4 is 16.0 Å². The van der Waals surface area contributed by atoms with E-state index in [9.17, 15) is 4.79 Å². The Labute approximate surface area is 189 Å². The number of anilines is 3. The second-order valence-corrected chi connectivity index (χ2v) is 9.27. The van der Waals surface area contributed by atoms with E-state index < -0.39 is 0 Å². The van der Waals surface area contributed by atoms with Crippen molar-refractivity contribution < 1.29 is 4.79 Å². The molecule has 1 amide bonds. The molecular weight excluding hydrogens is 400 g/mol. The lowest BCUT2D eigenvalue weighted by molar-refractivity contribution is -0.124. The van der Waals surface area contributed by atoms with Gasteiger partial charge in [-0.3, -0.25) is 4.79 Å². The lowest BCUT2D eigenvalue weighted by Gasteiger charge is -2.17. The van der Waals surface area contributed by atoms with E-state index in [4.69, 9.17) is 4.98 Å². The van der Waals surface area contributed by atoms with Gasteiger partial charge in [-0.2, -0.15) is 0 Å². The maximum absolute atomic E-state index is 11.8. The zero-order valence-electron chi connectivity index (χ0n) is 19.3. The molecule has 3 aromatic rings. The summed E-state index contributed by atoms with van der Waals surface area (Å²) >= 11 is 0. The molecule has 0 aliphatic carbocycles. The zero-order valence-corrected chi connectivity index (χ0v) is 19.3. The van der Waals surface area contributed by atoms with Crippen LogP contribution in [-0.4, -0.2) is 27.4 Å². The van der Waals surface area contributed by atoms with Gasteiger partial charge in [0.05, 0.1) is 5.69 Å². The summed E-state index contributed by atoms with van der Waals surface area (Å²) in [6, 6.07) is 10.1. The van der Waals surface area contributed by atoms with Gasteiger partial charge in [0.1, 0.15) is 5.82 Å². The number of aryl methyl sites for hydroxylation is 1. The summed E-state index contributed by atoms with van der Waals surface area (Å²) in [5.41, 5.74) is 6.09. The molecule has 1 aromatic carbocycles. The van der Waals surface area contributed by atoms with Crippen molar-refractivity contribution in [3.8, 4) is 11.3 Å². The highest BCUT2D eigenvalue weighted by molar-refractivity contribution is 5.77. The van der Waals surface area contributed by atoms with Gasteiger partial charge in [-0.15, -0.1) is 0 Å². The number of pyridine rings is 1. The van der Waals surface area contributed by atoms with Crippen LogP contribution in [0.5, 0.6) is 0 Å². The Bertz CT molecular complexity index is 1150. The predicted molar refractivity (Wildman–Crippen MR) is 128 cm³/mol. The van der Waals surface area contributed by atoms with Crippen molar-refractivity contribution in [3.63, 3.8) is 0 Å². The number of benzene rings is 1. The monoisotopic (exact) mass is 430 g/mol. The molecule has 0 fully saturated rings. The highest BCUT2D eigenvalue weighted by Gasteiger charge is 2.31. The minimum atomic E-state index is -0.0235. The Kier molecular flexibility index (Phi) is 5.82. The molecule has 0 spiro atoms. The Morgan fingerprint density at radius 2 is 2.00 bits per heavy atom. The Hall–Kier alpha value is -3.48. The third-order valence-electron chi connectivity index (χ3n) is 5.79. The molecule has 3 heterocycles. The molecule has 7 heteroatoms. The van der Waals surface area contributed by atoms with Crippen LogP contribution in [0.25, 0.3) is 11.3 Å². The number of aromatic nitrogens is 3. The van der Waals surface area contributed by atoms with Crippen LogP contribution in [-0.2, 0) is 16.8 Å². The fourth-order valence-electron chi connectivity index (χ4n) is 3.73. The first-order chi connectivity index (χ1) is 15.2. The molecule has 2 aromatic heterocycles. The number of fused-ring (bicyclic) bond motifs is 1. The molecule has 4 rings (SSSR count). The van der Waals surface area contributed by atoms with E-state index in [1.54, 1.807) is 6.20 Å². The number of nitrogens with one attached hydrogen (secondary N) is 3. The van der Waals surface area contributed by atoms with Crippen molar-refractivity contribution in [1.29, 1.82) is 0 Å². The summed E-state index contributed by atoms with van der Waals surface area (Å²) < 4.78 is 0. The molecule has 166 valence electrons. The van der Waals surface area contributed by atoms with Crippen molar-refractivity contribution in [2.24, 2.45) is 5.92 Å². The van der Waals surface area contributed by atoms with Gasteiger partial charge in [0.2, 0.25) is 11.9 Å². The number of rotatable bonds is 6. The smallest absolute Gasteiger partial charge is 0.227 e. The van der Waals surface area contributed by atoms with Crippen molar-refractivity contribution in [2.45, 2.75) is 46.6 Å². The van der Waals surface area contributed by atoms with E-state index in [-0.39, 0.29) is 17.2 Å². The van der Waals surface area contributed by atoms with Gasteiger partial charge in [-0.25, -0.2) is 15.0 Å². The molecule has 0 saturated carbocycles. The molecule has 0 saturated heterocycles. The van der Waals surface area contributed by atoms with Crippen molar-refractivity contribution >= 4 is 23.4 Å². The molecule has 32 heavy (non-hydrogen) atoms. The maximum atomic E-state index is 11.8. The second-order valence-electron chi connectivity index (χ2n) is 9.27. The minimum Gasteiger partial charge on any atom is -0.369 e. The highest BCUT2D eigenvalue weighted by Crippen LogP contribution is 2.36. The van der Waals surface area contributed by atoms with Crippen molar-refractivity contribution in [1.82, 2.24) is 20.3 Å². The van der Waals surface area contributed by atoms with Crippen LogP contribution in [0.4, 0.5) is 17.5 Å². The van der Waals surface area contributed by atoms with E-state index in [0.717, 1.165) is 40.4 Å². The normalized spacial score (nSPS) is 14.1. The Morgan fingerprint density at radius 1 is 1.19 bits per heavy atom. The Morgan fingerprint density at radius 3 is 2.75 bits per heavy atom. The second kappa shape index (κ2) is 8.57. The summed E-state index contributed by atoms with van der Waals surface area (Å²) in [4.78, 5) is 25.5. The molecule has 0 unspecified atom stereocenters. The number of amides is 1. The lowest BCUT2D eigenvalue weighted by Crippen LogP contribution is -2.27. The predicted octanol–water partition coefficient (Wildman–Crippen LogP) is 4.57. The summed E-state index contributed by atoms with van der Waals surface area (Å²) in [5.74, 6) is 1.51. The van der Waals surface area contributed by atoms with Gasteiger partial charge >= 0.3 is 0 Å². The van der Waals surface area contributed by atoms with Crippen LogP contribution in [0.1, 0.15) is 44.4 Å². The van der Waals surface area contributed by atoms with Crippen molar-refractivity contribution in [2.75, 3.05) is 17.2 Å². The SMILES string of the molecule is Cc1cc(CNC(=O)C(C)C)ccc1Nc1nccc(-c2cnc3c(c2)C(C)(C)CN3)n1. The third-order valence-corrected chi connectivity index (χ3v) is 5.79. The first-order valence-electron chi connectivity index (χ1n) is 10.9. The topological polar surface area (TPSA) is 91.8 Å². The standard InChI is InChI=1S/C25H30N6O/c1-15(2)23(32)28-12-17-6-7-20(16(3)10-17)30-24-26-9-8-21(31-24)18-11-19-22(27-13-18)29-14-25(19,4)5/h6-11,13,15H,12,14H2,1-5H3,(H,27,29)(H,28,32)(H,26,30,31). The number of nitrogens with zero attached hydrogens (tertiary/aromatic N) is 3. The van der Waals surface area contributed by atoms with Gasteiger partial charge < -0.3 is 16.0 Å². The average molecular weight is 431 g/mol. The first-order valence-corrected chi connectivity index (χ1v) is 10.9. The van der Waals surface area contributed by atoms with Crippen LogP contribution in [0, 0.1) is 12.8 Å². The van der Waals surface area contributed by atoms with Gasteiger partial charge in [0, 0.05) is 53.6 Å². The van der Waals surface area contributed by atoms with E-state index >= 15 is 0 Å². The van der Waals surface area contributed by atoms with Gasteiger partial charge in [0.15, 0.2) is 0 Å².